The van der Waals surface area contributed by atoms with E-state index in [0.717, 1.165) is 5.75 Å². The smallest absolute Gasteiger partial charge is 0.213 e. The van der Waals surface area contributed by atoms with Crippen molar-refractivity contribution in [3.63, 3.8) is 0 Å². The quantitative estimate of drug-likeness (QED) is 0.732. The van der Waals surface area contributed by atoms with Gasteiger partial charge < -0.3 is 15.2 Å². The van der Waals surface area contributed by atoms with Crippen molar-refractivity contribution in [3.8, 4) is 11.6 Å². The Kier molecular flexibility index (Phi) is 4.05. The maximum absolute atomic E-state index is 5.28. The average molecular weight is 182 g/mol. The minimum absolute atomic E-state index is 0.487. The summed E-state index contributed by atoms with van der Waals surface area (Å²) < 4.78 is 10.4. The standard InChI is InChI=1S/C9H14N2O2/c1-2-12-8-3-4-9(11-7-8)13-6-5-10/h3-4,7H,2,5-6,10H2,1H3. The zero-order chi connectivity index (χ0) is 9.52. The molecule has 0 aliphatic rings. The summed E-state index contributed by atoms with van der Waals surface area (Å²) in [5, 5.41) is 0. The van der Waals surface area contributed by atoms with Crippen LogP contribution in [0.2, 0.25) is 0 Å². The molecule has 1 heterocycles. The van der Waals surface area contributed by atoms with E-state index in [1.54, 1.807) is 12.3 Å². The van der Waals surface area contributed by atoms with Crippen LogP contribution in [0.4, 0.5) is 0 Å². The maximum atomic E-state index is 5.28. The van der Waals surface area contributed by atoms with Gasteiger partial charge >= 0.3 is 0 Å². The summed E-state index contributed by atoms with van der Waals surface area (Å²) in [6.45, 7) is 3.55. The lowest BCUT2D eigenvalue weighted by atomic mass is 10.4. The molecular weight excluding hydrogens is 168 g/mol. The van der Waals surface area contributed by atoms with Crippen LogP contribution in [-0.2, 0) is 0 Å². The molecule has 0 aromatic carbocycles. The molecule has 0 saturated carbocycles. The van der Waals surface area contributed by atoms with Gasteiger partial charge in [0.05, 0.1) is 12.8 Å². The molecule has 4 nitrogen and oxygen atoms in total. The van der Waals surface area contributed by atoms with Crippen LogP contribution in [-0.4, -0.2) is 24.7 Å². The van der Waals surface area contributed by atoms with E-state index in [2.05, 4.69) is 4.98 Å². The van der Waals surface area contributed by atoms with Crippen LogP contribution in [0.3, 0.4) is 0 Å². The molecule has 0 aliphatic heterocycles. The first-order chi connectivity index (χ1) is 6.36. The summed E-state index contributed by atoms with van der Waals surface area (Å²) in [5.74, 6) is 1.33. The van der Waals surface area contributed by atoms with Crippen molar-refractivity contribution in [1.82, 2.24) is 4.98 Å². The number of rotatable bonds is 5. The third kappa shape index (κ3) is 3.29. The topological polar surface area (TPSA) is 57.4 Å². The van der Waals surface area contributed by atoms with E-state index in [4.69, 9.17) is 15.2 Å². The van der Waals surface area contributed by atoms with Crippen LogP contribution in [0.1, 0.15) is 6.92 Å². The van der Waals surface area contributed by atoms with Crippen LogP contribution in [0.5, 0.6) is 11.6 Å². The Bertz CT molecular complexity index is 236. The minimum Gasteiger partial charge on any atom is -0.492 e. The molecule has 0 unspecified atom stereocenters. The number of ether oxygens (including phenoxy) is 2. The molecule has 0 spiro atoms. The molecule has 72 valence electrons. The van der Waals surface area contributed by atoms with Crippen molar-refractivity contribution >= 4 is 0 Å². The zero-order valence-corrected chi connectivity index (χ0v) is 7.69. The highest BCUT2D eigenvalue weighted by molar-refractivity contribution is 5.22. The monoisotopic (exact) mass is 182 g/mol. The van der Waals surface area contributed by atoms with Crippen molar-refractivity contribution in [2.75, 3.05) is 19.8 Å². The van der Waals surface area contributed by atoms with Crippen molar-refractivity contribution < 1.29 is 9.47 Å². The van der Waals surface area contributed by atoms with Gasteiger partial charge in [-0.1, -0.05) is 0 Å². The highest BCUT2D eigenvalue weighted by Crippen LogP contribution is 2.13. The van der Waals surface area contributed by atoms with E-state index in [9.17, 15) is 0 Å². The summed E-state index contributed by atoms with van der Waals surface area (Å²) in [6, 6.07) is 3.59. The number of hydrogen-bond donors (Lipinski definition) is 1. The SMILES string of the molecule is CCOc1ccc(OCCN)nc1. The Hall–Kier alpha value is -1.29. The fourth-order valence-corrected chi connectivity index (χ4v) is 0.868. The van der Waals surface area contributed by atoms with E-state index < -0.39 is 0 Å². The maximum Gasteiger partial charge on any atom is 0.213 e. The molecule has 0 aliphatic carbocycles. The minimum atomic E-state index is 0.487. The lowest BCUT2D eigenvalue weighted by molar-refractivity contribution is 0.310. The lowest BCUT2D eigenvalue weighted by Gasteiger charge is -2.04. The second kappa shape index (κ2) is 5.37. The van der Waals surface area contributed by atoms with E-state index in [-0.39, 0.29) is 0 Å². The highest BCUT2D eigenvalue weighted by atomic mass is 16.5. The van der Waals surface area contributed by atoms with E-state index >= 15 is 0 Å². The van der Waals surface area contributed by atoms with Gasteiger partial charge in [-0.3, -0.25) is 0 Å². The molecule has 1 aromatic rings. The summed E-state index contributed by atoms with van der Waals surface area (Å²) >= 11 is 0. The van der Waals surface area contributed by atoms with Gasteiger partial charge in [0.15, 0.2) is 0 Å². The van der Waals surface area contributed by atoms with Crippen LogP contribution in [0.25, 0.3) is 0 Å². The van der Waals surface area contributed by atoms with Gasteiger partial charge in [-0.05, 0) is 13.0 Å². The van der Waals surface area contributed by atoms with Crippen molar-refractivity contribution in [2.45, 2.75) is 6.92 Å². The molecule has 13 heavy (non-hydrogen) atoms. The van der Waals surface area contributed by atoms with Crippen LogP contribution in [0.15, 0.2) is 18.3 Å². The van der Waals surface area contributed by atoms with E-state index in [0.29, 0.717) is 25.6 Å². The Morgan fingerprint density at radius 1 is 1.38 bits per heavy atom. The molecule has 0 amide bonds. The van der Waals surface area contributed by atoms with Gasteiger partial charge in [-0.2, -0.15) is 0 Å². The first-order valence-electron chi connectivity index (χ1n) is 4.28. The number of nitrogens with zero attached hydrogens (tertiary/aromatic N) is 1. The predicted molar refractivity (Wildman–Crippen MR) is 50.0 cm³/mol. The van der Waals surface area contributed by atoms with Gasteiger partial charge in [0.1, 0.15) is 12.4 Å². The van der Waals surface area contributed by atoms with Gasteiger partial charge in [-0.25, -0.2) is 4.98 Å². The first kappa shape index (κ1) is 9.80. The summed E-state index contributed by atoms with van der Waals surface area (Å²) in [5.41, 5.74) is 5.28. The Morgan fingerprint density at radius 3 is 2.77 bits per heavy atom. The largest absolute Gasteiger partial charge is 0.492 e. The lowest BCUT2D eigenvalue weighted by Crippen LogP contribution is -2.11. The predicted octanol–water partition coefficient (Wildman–Crippen LogP) is 0.818. The Balaban J connectivity index is 2.48. The zero-order valence-electron chi connectivity index (χ0n) is 7.69. The highest BCUT2D eigenvalue weighted by Gasteiger charge is 1.95. The summed E-state index contributed by atoms with van der Waals surface area (Å²) in [4.78, 5) is 4.03. The van der Waals surface area contributed by atoms with Crippen LogP contribution < -0.4 is 15.2 Å². The molecule has 0 fully saturated rings. The fourth-order valence-electron chi connectivity index (χ4n) is 0.868. The molecule has 0 saturated heterocycles. The number of pyridine rings is 1. The first-order valence-corrected chi connectivity index (χ1v) is 4.28. The van der Waals surface area contributed by atoms with E-state index in [1.807, 2.05) is 13.0 Å². The van der Waals surface area contributed by atoms with Crippen LogP contribution >= 0.6 is 0 Å². The van der Waals surface area contributed by atoms with Crippen LogP contribution in [0, 0.1) is 0 Å². The second-order valence-electron chi connectivity index (χ2n) is 2.40. The molecule has 1 rings (SSSR count). The van der Waals surface area contributed by atoms with Gasteiger partial charge in [-0.15, -0.1) is 0 Å². The van der Waals surface area contributed by atoms with Gasteiger partial charge in [0.25, 0.3) is 0 Å². The number of aromatic nitrogens is 1. The summed E-state index contributed by atoms with van der Waals surface area (Å²) in [7, 11) is 0. The van der Waals surface area contributed by atoms with Crippen molar-refractivity contribution in [3.05, 3.63) is 18.3 Å². The third-order valence-corrected chi connectivity index (χ3v) is 1.39. The van der Waals surface area contributed by atoms with Crippen molar-refractivity contribution in [1.29, 1.82) is 0 Å². The summed E-state index contributed by atoms with van der Waals surface area (Å²) in [6.07, 6.45) is 1.63. The fraction of sp³-hybridized carbons (Fsp3) is 0.444. The molecule has 0 bridgehead atoms. The van der Waals surface area contributed by atoms with E-state index in [1.165, 1.54) is 0 Å². The second-order valence-corrected chi connectivity index (χ2v) is 2.40. The van der Waals surface area contributed by atoms with Crippen molar-refractivity contribution in [2.24, 2.45) is 5.73 Å². The third-order valence-electron chi connectivity index (χ3n) is 1.39. The average Bonchev–Trinajstić information content (AvgIpc) is 2.17. The normalized spacial score (nSPS) is 9.69. The molecule has 0 atom stereocenters. The number of hydrogen-bond acceptors (Lipinski definition) is 4. The molecule has 1 aromatic heterocycles. The van der Waals surface area contributed by atoms with Gasteiger partial charge in [0.2, 0.25) is 5.88 Å². The molecule has 2 N–H and O–H groups in total. The Labute approximate surface area is 77.7 Å². The molecule has 4 heteroatoms. The molecular formula is C9H14N2O2. The van der Waals surface area contributed by atoms with Gasteiger partial charge in [0, 0.05) is 12.6 Å². The molecule has 0 radical (unpaired) electrons. The number of nitrogens with two attached hydrogens (primary N) is 1. The Morgan fingerprint density at radius 2 is 2.23 bits per heavy atom.